The molecule has 0 unspecified atom stereocenters. The van der Waals surface area contributed by atoms with Crippen molar-refractivity contribution in [2.45, 2.75) is 184 Å². The van der Waals surface area contributed by atoms with Crippen molar-refractivity contribution in [3.05, 3.63) is 0 Å². The third kappa shape index (κ3) is 11.5. The smallest absolute Gasteiger partial charge is 0.187 e. The van der Waals surface area contributed by atoms with Crippen LogP contribution in [0.4, 0.5) is 0 Å². The molecule has 31 nitrogen and oxygen atoms in total. The van der Waals surface area contributed by atoms with Gasteiger partial charge in [0.05, 0.1) is 39.6 Å². The second-order valence-electron chi connectivity index (χ2n) is 16.8. The fraction of sp³-hybridized carbons (Fsp3) is 1.00. The summed E-state index contributed by atoms with van der Waals surface area (Å²) in [5.41, 5.74) is 0. The van der Waals surface area contributed by atoms with E-state index >= 15 is 0 Å². The van der Waals surface area contributed by atoms with E-state index in [1.165, 1.54) is 0 Å². The maximum atomic E-state index is 11.2. The summed E-state index contributed by atoms with van der Waals surface area (Å²) in [5, 5.41) is 208. The van der Waals surface area contributed by atoms with Gasteiger partial charge >= 0.3 is 0 Å². The van der Waals surface area contributed by atoms with Crippen LogP contribution in [0, 0.1) is 0 Å². The highest BCUT2D eigenvalue weighted by Crippen LogP contribution is 2.35. The minimum Gasteiger partial charge on any atom is -0.394 e. The molecule has 0 amide bonds. The zero-order valence-electron chi connectivity index (χ0n) is 35.0. The van der Waals surface area contributed by atoms with Crippen LogP contribution in [0.5, 0.6) is 0 Å². The van der Waals surface area contributed by atoms with Crippen molar-refractivity contribution in [2.24, 2.45) is 0 Å². The Labute approximate surface area is 378 Å². The fourth-order valence-electron chi connectivity index (χ4n) is 8.31. The highest BCUT2D eigenvalue weighted by atomic mass is 16.8. The van der Waals surface area contributed by atoms with Gasteiger partial charge in [0, 0.05) is 0 Å². The lowest BCUT2D eigenvalue weighted by atomic mass is 9.96. The van der Waals surface area contributed by atoms with E-state index in [9.17, 15) is 102 Å². The molecule has 30 atom stereocenters. The van der Waals surface area contributed by atoms with Gasteiger partial charge in [-0.1, -0.05) is 0 Å². The van der Waals surface area contributed by atoms with Crippen molar-refractivity contribution in [1.29, 1.82) is 0 Å². The Morgan fingerprint density at radius 3 is 0.910 bits per heavy atom. The van der Waals surface area contributed by atoms with Gasteiger partial charge in [0.15, 0.2) is 37.7 Å². The topological polar surface area (TPSA) is 506 Å². The molecule has 0 spiro atoms. The normalized spacial score (nSPS) is 53.4. The molecule has 0 aromatic carbocycles. The van der Waals surface area contributed by atoms with Gasteiger partial charge in [-0.25, -0.2) is 0 Å². The maximum Gasteiger partial charge on any atom is 0.187 e. The molecule has 0 aromatic rings. The molecular weight excluding hydrogens is 928 g/mol. The predicted molar refractivity (Wildman–Crippen MR) is 199 cm³/mol. The molecule has 20 N–H and O–H groups in total. The van der Waals surface area contributed by atoms with Crippen LogP contribution in [-0.2, 0) is 52.1 Å². The maximum absolute atomic E-state index is 11.2. The first-order valence-corrected chi connectivity index (χ1v) is 21.1. The quantitative estimate of drug-likeness (QED) is 0.0683. The van der Waals surface area contributed by atoms with Gasteiger partial charge < -0.3 is 154 Å². The highest BCUT2D eigenvalue weighted by molar-refractivity contribution is 4.98. The third-order valence-corrected chi connectivity index (χ3v) is 12.4. The van der Waals surface area contributed by atoms with Crippen LogP contribution < -0.4 is 0 Å². The highest BCUT2D eigenvalue weighted by Gasteiger charge is 2.56. The third-order valence-electron chi connectivity index (χ3n) is 12.4. The Kier molecular flexibility index (Phi) is 19.4. The van der Waals surface area contributed by atoms with Gasteiger partial charge in [-0.15, -0.1) is 0 Å². The lowest BCUT2D eigenvalue weighted by Crippen LogP contribution is -2.67. The van der Waals surface area contributed by atoms with Crippen LogP contribution in [0.3, 0.4) is 0 Å². The van der Waals surface area contributed by atoms with Crippen molar-refractivity contribution in [3.63, 3.8) is 0 Å². The van der Waals surface area contributed by atoms with Gasteiger partial charge in [-0.2, -0.15) is 0 Å². The molecule has 6 heterocycles. The van der Waals surface area contributed by atoms with E-state index in [4.69, 9.17) is 52.1 Å². The van der Waals surface area contributed by atoms with E-state index in [1.54, 1.807) is 0 Å². The predicted octanol–water partition coefficient (Wildman–Crippen LogP) is -14.1. The molecule has 392 valence electrons. The molecule has 0 radical (unpaired) electrons. The van der Waals surface area contributed by atoms with Crippen molar-refractivity contribution < 1.29 is 154 Å². The Morgan fingerprint density at radius 1 is 0.254 bits per heavy atom. The van der Waals surface area contributed by atoms with Gasteiger partial charge in [0.25, 0.3) is 0 Å². The largest absolute Gasteiger partial charge is 0.394 e. The summed E-state index contributed by atoms with van der Waals surface area (Å²) < 4.78 is 60.2. The van der Waals surface area contributed by atoms with E-state index in [1.807, 2.05) is 0 Å². The molecule has 0 bridgehead atoms. The molecule has 6 aliphatic rings. The molecule has 31 heteroatoms. The Hall–Kier alpha value is -1.24. The Bertz CT molecular complexity index is 1500. The van der Waals surface area contributed by atoms with Gasteiger partial charge in [0.2, 0.25) is 0 Å². The fourth-order valence-corrected chi connectivity index (χ4v) is 8.31. The van der Waals surface area contributed by atoms with Crippen LogP contribution in [0.1, 0.15) is 0 Å². The Morgan fingerprint density at radius 2 is 0.522 bits per heavy atom. The SMILES string of the molecule is OC[C@H]1O[C@H](OC[C@H]2O[C@H](O[C@H]3[C@H](O)[C@@H](O)[C@@H](O[C@H]4[C@H](O)[C@@H](O)[C@@H](OC[C@H]5O[C@H](O[C@H]6[C@H](O)[C@@H](O)[C@@H](O)O[C@@H]6CO)[C@H](O)[C@@H](O)[C@@H]5O)O[C@@H]4CO)O[C@@H]3CO)[C@H](O)[C@@H](O)[C@@H]2O)[C@H](O)[C@@H](O)[C@@H]1O. The van der Waals surface area contributed by atoms with Crippen LogP contribution in [-0.4, -0.2) is 326 Å². The summed E-state index contributed by atoms with van der Waals surface area (Å²) in [5.74, 6) is 0. The molecule has 6 saturated heterocycles. The Balaban J connectivity index is 1.05. The minimum absolute atomic E-state index is 0.748. The van der Waals surface area contributed by atoms with Gasteiger partial charge in [-0.05, 0) is 0 Å². The number of hydrogen-bond donors (Lipinski definition) is 20. The van der Waals surface area contributed by atoms with Gasteiger partial charge in [0.1, 0.15) is 146 Å². The van der Waals surface area contributed by atoms with Gasteiger partial charge in [-0.3, -0.25) is 0 Å². The zero-order valence-corrected chi connectivity index (χ0v) is 35.0. The summed E-state index contributed by atoms with van der Waals surface area (Å²) in [7, 11) is 0. The van der Waals surface area contributed by atoms with Crippen molar-refractivity contribution >= 4 is 0 Å². The monoisotopic (exact) mass is 990 g/mol. The molecule has 67 heavy (non-hydrogen) atoms. The average Bonchev–Trinajstić information content (AvgIpc) is 3.32. The van der Waals surface area contributed by atoms with E-state index in [0.29, 0.717) is 0 Å². The van der Waals surface area contributed by atoms with E-state index in [2.05, 4.69) is 0 Å². The first-order valence-electron chi connectivity index (χ1n) is 21.1. The van der Waals surface area contributed by atoms with Crippen molar-refractivity contribution in [2.75, 3.05) is 39.6 Å². The second kappa shape index (κ2) is 23.5. The average molecular weight is 991 g/mol. The van der Waals surface area contributed by atoms with E-state index in [-0.39, 0.29) is 0 Å². The molecule has 6 rings (SSSR count). The van der Waals surface area contributed by atoms with E-state index < -0.39 is 224 Å². The summed E-state index contributed by atoms with van der Waals surface area (Å²) >= 11 is 0. The lowest BCUT2D eigenvalue weighted by Gasteiger charge is -2.48. The number of rotatable bonds is 16. The molecule has 0 saturated carbocycles. The zero-order chi connectivity index (χ0) is 49.3. The summed E-state index contributed by atoms with van der Waals surface area (Å²) in [4.78, 5) is 0. The summed E-state index contributed by atoms with van der Waals surface area (Å²) in [6, 6.07) is 0. The van der Waals surface area contributed by atoms with Crippen LogP contribution >= 0.6 is 0 Å². The number of aliphatic hydroxyl groups excluding tert-OH is 20. The van der Waals surface area contributed by atoms with Crippen LogP contribution in [0.2, 0.25) is 0 Å². The molecule has 0 aromatic heterocycles. The first kappa shape index (κ1) is 55.1. The number of ether oxygens (including phenoxy) is 11. The molecular formula is C36H62O31. The summed E-state index contributed by atoms with van der Waals surface area (Å²) in [6.45, 7) is -5.19. The second-order valence-corrected chi connectivity index (χ2v) is 16.8. The molecule has 6 fully saturated rings. The van der Waals surface area contributed by atoms with Crippen LogP contribution in [0.25, 0.3) is 0 Å². The minimum atomic E-state index is -2.16. The van der Waals surface area contributed by atoms with Crippen molar-refractivity contribution in [1.82, 2.24) is 0 Å². The van der Waals surface area contributed by atoms with Crippen molar-refractivity contribution in [3.8, 4) is 0 Å². The van der Waals surface area contributed by atoms with Crippen LogP contribution in [0.15, 0.2) is 0 Å². The number of aliphatic hydroxyl groups is 20. The molecule has 0 aliphatic carbocycles. The lowest BCUT2D eigenvalue weighted by molar-refractivity contribution is -0.384. The van der Waals surface area contributed by atoms with E-state index in [0.717, 1.165) is 0 Å². The molecule has 6 aliphatic heterocycles. The number of hydrogen-bond acceptors (Lipinski definition) is 31. The standard InChI is InChI=1S/C36H62O31/c37-1-7-13(41)16(44)23(51)32(60-7)57-5-11-14(42)18(46)25(53)35(64-11)66-30-10(4-40)62-36(27(55)21(30)49)67-29-9(3-39)61-33(26(54)20(29)48)58-6-12-15(43)17(45)24(52)34(63-12)65-28-8(2-38)59-31(56)22(50)19(28)47/h7-56H,1-6H2/t7-,8-,9-,10-,11-,12-,13-,14-,15-,16+,17+,18+,19-,20-,21-,22-,23-,24-,25-,26-,27-,28-,29-,30-,31+,32+,33+,34-,35-,36-/m1/s1. The first-order chi connectivity index (χ1) is 31.7. The summed E-state index contributed by atoms with van der Waals surface area (Å²) in [6.07, 6.45) is -55.7.